The third kappa shape index (κ3) is 5.75. The Morgan fingerprint density at radius 2 is 1.71 bits per heavy atom. The molecule has 0 unspecified atom stereocenters. The number of hydrogen-bond donors (Lipinski definition) is 1. The van der Waals surface area contributed by atoms with Gasteiger partial charge in [0, 0.05) is 10.5 Å². The first kappa shape index (κ1) is 25.0. The fraction of sp³-hybridized carbons (Fsp3) is 0.370. The minimum absolute atomic E-state index is 0.0772. The van der Waals surface area contributed by atoms with Gasteiger partial charge in [0.15, 0.2) is 11.5 Å². The highest BCUT2D eigenvalue weighted by Gasteiger charge is 2.40. The maximum Gasteiger partial charge on any atom is 0.331 e. The van der Waals surface area contributed by atoms with Crippen molar-refractivity contribution in [3.8, 4) is 11.5 Å². The van der Waals surface area contributed by atoms with E-state index in [1.165, 1.54) is 16.5 Å². The molecule has 4 amide bonds. The lowest BCUT2D eigenvalue weighted by atomic mass is 9.93. The van der Waals surface area contributed by atoms with E-state index in [-0.39, 0.29) is 11.6 Å². The van der Waals surface area contributed by atoms with E-state index in [9.17, 15) is 14.4 Å². The Bertz CT molecular complexity index is 1150. The molecule has 2 fully saturated rings. The lowest BCUT2D eigenvalue weighted by molar-refractivity contribution is -0.132. The number of nitrogens with one attached hydrogen (secondary N) is 1. The molecule has 0 bridgehead atoms. The van der Waals surface area contributed by atoms with Crippen LogP contribution in [0.3, 0.4) is 0 Å². The van der Waals surface area contributed by atoms with Gasteiger partial charge in [0.2, 0.25) is 0 Å². The topological polar surface area (TPSA) is 84.9 Å². The molecule has 35 heavy (non-hydrogen) atoms. The van der Waals surface area contributed by atoms with Gasteiger partial charge in [0.1, 0.15) is 12.2 Å². The fourth-order valence-corrected chi connectivity index (χ4v) is 4.82. The summed E-state index contributed by atoms with van der Waals surface area (Å²) in [5.74, 6) is -0.217. The SMILES string of the molecule is CCOc1cc(C=C2C(=O)NC(=O)N(C3CCCCC3)C2=O)c(Br)cc1OCc1ccc(C)cc1. The molecule has 1 saturated carbocycles. The second kappa shape index (κ2) is 11.1. The first-order valence-electron chi connectivity index (χ1n) is 11.9. The Kier molecular flexibility index (Phi) is 7.90. The summed E-state index contributed by atoms with van der Waals surface area (Å²) >= 11 is 3.53. The number of rotatable bonds is 7. The first-order valence-corrected chi connectivity index (χ1v) is 12.7. The third-order valence-electron chi connectivity index (χ3n) is 6.25. The summed E-state index contributed by atoms with van der Waals surface area (Å²) in [6, 6.07) is 10.7. The highest BCUT2D eigenvalue weighted by atomic mass is 79.9. The van der Waals surface area contributed by atoms with Crippen molar-refractivity contribution in [3.63, 3.8) is 0 Å². The van der Waals surface area contributed by atoms with Crippen LogP contribution in [0.25, 0.3) is 6.08 Å². The van der Waals surface area contributed by atoms with Crippen LogP contribution in [-0.2, 0) is 16.2 Å². The van der Waals surface area contributed by atoms with Gasteiger partial charge in [-0.25, -0.2) is 4.79 Å². The third-order valence-corrected chi connectivity index (χ3v) is 6.94. The molecule has 1 N–H and O–H groups in total. The van der Waals surface area contributed by atoms with Crippen LogP contribution in [-0.4, -0.2) is 35.4 Å². The summed E-state index contributed by atoms with van der Waals surface area (Å²) in [6.07, 6.45) is 6.02. The Balaban J connectivity index is 1.61. The molecule has 2 aromatic carbocycles. The Hall–Kier alpha value is -3.13. The van der Waals surface area contributed by atoms with Gasteiger partial charge in [-0.1, -0.05) is 65.0 Å². The number of amides is 4. The highest BCUT2D eigenvalue weighted by Crippen LogP contribution is 2.36. The second-order valence-corrected chi connectivity index (χ2v) is 9.67. The number of halogens is 1. The predicted octanol–water partition coefficient (Wildman–Crippen LogP) is 5.53. The molecule has 184 valence electrons. The van der Waals surface area contributed by atoms with Crippen LogP contribution >= 0.6 is 15.9 Å². The lowest BCUT2D eigenvalue weighted by Crippen LogP contribution is -2.58. The summed E-state index contributed by atoms with van der Waals surface area (Å²) in [4.78, 5) is 39.5. The Morgan fingerprint density at radius 1 is 1.03 bits per heavy atom. The van der Waals surface area contributed by atoms with Gasteiger partial charge in [-0.05, 0) is 56.0 Å². The summed E-state index contributed by atoms with van der Waals surface area (Å²) in [7, 11) is 0. The van der Waals surface area contributed by atoms with Crippen LogP contribution < -0.4 is 14.8 Å². The number of benzene rings is 2. The predicted molar refractivity (Wildman–Crippen MR) is 136 cm³/mol. The maximum absolute atomic E-state index is 13.2. The minimum atomic E-state index is -0.698. The van der Waals surface area contributed by atoms with Gasteiger partial charge in [-0.15, -0.1) is 0 Å². The zero-order valence-corrected chi connectivity index (χ0v) is 21.5. The van der Waals surface area contributed by atoms with E-state index in [1.54, 1.807) is 12.1 Å². The molecule has 0 radical (unpaired) electrons. The van der Waals surface area contributed by atoms with E-state index in [0.717, 1.165) is 37.7 Å². The second-order valence-electron chi connectivity index (χ2n) is 8.81. The summed E-state index contributed by atoms with van der Waals surface area (Å²) < 4.78 is 12.4. The van der Waals surface area contributed by atoms with Gasteiger partial charge in [-0.3, -0.25) is 19.8 Å². The van der Waals surface area contributed by atoms with Crippen molar-refractivity contribution >= 4 is 39.9 Å². The highest BCUT2D eigenvalue weighted by molar-refractivity contribution is 9.10. The van der Waals surface area contributed by atoms with E-state index in [2.05, 4.69) is 21.2 Å². The van der Waals surface area contributed by atoms with Gasteiger partial charge in [-0.2, -0.15) is 0 Å². The van der Waals surface area contributed by atoms with Crippen molar-refractivity contribution in [2.75, 3.05) is 6.61 Å². The van der Waals surface area contributed by atoms with Crippen LogP contribution in [0.1, 0.15) is 55.7 Å². The van der Waals surface area contributed by atoms with E-state index in [4.69, 9.17) is 9.47 Å². The number of carbonyl (C=O) groups is 3. The Labute approximate surface area is 213 Å². The van der Waals surface area contributed by atoms with Crippen molar-refractivity contribution in [1.29, 1.82) is 0 Å². The molecule has 1 heterocycles. The van der Waals surface area contributed by atoms with Crippen LogP contribution in [0.5, 0.6) is 11.5 Å². The maximum atomic E-state index is 13.2. The number of hydrogen-bond acceptors (Lipinski definition) is 5. The van der Waals surface area contributed by atoms with E-state index < -0.39 is 17.8 Å². The molecule has 0 atom stereocenters. The summed E-state index contributed by atoms with van der Waals surface area (Å²) in [5, 5.41) is 2.33. The van der Waals surface area contributed by atoms with Crippen LogP contribution in [0, 0.1) is 6.92 Å². The number of aryl methyl sites for hydroxylation is 1. The van der Waals surface area contributed by atoms with Crippen LogP contribution in [0.2, 0.25) is 0 Å². The molecular formula is C27H29BrN2O5. The largest absolute Gasteiger partial charge is 0.490 e. The van der Waals surface area contributed by atoms with Crippen LogP contribution in [0.4, 0.5) is 4.79 Å². The Morgan fingerprint density at radius 3 is 2.40 bits per heavy atom. The molecular weight excluding hydrogens is 512 g/mol. The van der Waals surface area contributed by atoms with Gasteiger partial charge < -0.3 is 9.47 Å². The number of barbiturate groups is 1. The summed E-state index contributed by atoms with van der Waals surface area (Å²) in [6.45, 7) is 4.69. The number of nitrogens with zero attached hydrogens (tertiary/aromatic N) is 1. The molecule has 4 rings (SSSR count). The fourth-order valence-electron chi connectivity index (χ4n) is 4.39. The molecule has 2 aliphatic rings. The number of urea groups is 1. The van der Waals surface area contributed by atoms with E-state index >= 15 is 0 Å². The number of carbonyl (C=O) groups excluding carboxylic acids is 3. The smallest absolute Gasteiger partial charge is 0.331 e. The normalized spacial score (nSPS) is 18.1. The average Bonchev–Trinajstić information content (AvgIpc) is 2.84. The van der Waals surface area contributed by atoms with E-state index in [0.29, 0.717) is 34.7 Å². The molecule has 1 aliphatic heterocycles. The average molecular weight is 541 g/mol. The molecule has 8 heteroatoms. The monoisotopic (exact) mass is 540 g/mol. The zero-order chi connectivity index (χ0) is 24.9. The molecule has 2 aromatic rings. The zero-order valence-electron chi connectivity index (χ0n) is 19.9. The van der Waals surface area contributed by atoms with Crippen molar-refractivity contribution in [2.24, 2.45) is 0 Å². The quantitative estimate of drug-likeness (QED) is 0.368. The van der Waals surface area contributed by atoms with Crippen molar-refractivity contribution in [2.45, 2.75) is 58.6 Å². The molecule has 7 nitrogen and oxygen atoms in total. The summed E-state index contributed by atoms with van der Waals surface area (Å²) in [5.41, 5.74) is 2.70. The van der Waals surface area contributed by atoms with Crippen molar-refractivity contribution in [1.82, 2.24) is 10.2 Å². The molecule has 0 aromatic heterocycles. The van der Waals surface area contributed by atoms with Crippen LogP contribution in [0.15, 0.2) is 46.4 Å². The van der Waals surface area contributed by atoms with E-state index in [1.807, 2.05) is 38.1 Å². The standard InChI is InChI=1S/C27H29BrN2O5/c1-3-34-23-14-19(22(28)15-24(23)35-16-18-11-9-17(2)10-12-18)13-21-25(31)29-27(33)30(26(21)32)20-7-5-4-6-8-20/h9-15,20H,3-8,16H2,1-2H3,(H,29,31,33). The van der Waals surface area contributed by atoms with Gasteiger partial charge in [0.05, 0.1) is 6.61 Å². The molecule has 0 spiro atoms. The minimum Gasteiger partial charge on any atom is -0.490 e. The van der Waals surface area contributed by atoms with Crippen molar-refractivity contribution in [3.05, 3.63) is 63.1 Å². The molecule has 1 saturated heterocycles. The molecule has 1 aliphatic carbocycles. The van der Waals surface area contributed by atoms with Gasteiger partial charge in [0.25, 0.3) is 11.8 Å². The number of imide groups is 2. The van der Waals surface area contributed by atoms with Gasteiger partial charge >= 0.3 is 6.03 Å². The van der Waals surface area contributed by atoms with Crippen molar-refractivity contribution < 1.29 is 23.9 Å². The number of ether oxygens (including phenoxy) is 2. The lowest BCUT2D eigenvalue weighted by Gasteiger charge is -2.35. The first-order chi connectivity index (χ1) is 16.9.